The van der Waals surface area contributed by atoms with Crippen LogP contribution in [-0.2, 0) is 14.2 Å². The molecule has 0 bridgehead atoms. The van der Waals surface area contributed by atoms with Crippen LogP contribution in [0, 0.1) is 0 Å². The zero-order valence-electron chi connectivity index (χ0n) is 21.1. The molecule has 0 heterocycles. The monoisotopic (exact) mass is 478 g/mol. The maximum Gasteiger partial charge on any atom is 0.243 e. The van der Waals surface area contributed by atoms with Crippen molar-refractivity contribution in [1.29, 1.82) is 0 Å². The van der Waals surface area contributed by atoms with E-state index in [1.165, 1.54) is 38.1 Å². The van der Waals surface area contributed by atoms with E-state index in [9.17, 15) is 9.59 Å². The summed E-state index contributed by atoms with van der Waals surface area (Å²) in [5, 5.41) is 5.56. The van der Waals surface area contributed by atoms with Crippen LogP contribution in [0.3, 0.4) is 0 Å². The summed E-state index contributed by atoms with van der Waals surface area (Å²) in [6.07, 6.45) is 7.06. The summed E-state index contributed by atoms with van der Waals surface area (Å²) < 4.78 is 10.6. The Morgan fingerprint density at radius 2 is 1.06 bits per heavy atom. The smallest absolute Gasteiger partial charge is 0.243 e. The van der Waals surface area contributed by atoms with E-state index in [1.54, 1.807) is 0 Å². The minimum absolute atomic E-state index is 0.0780. The molecule has 2 N–H and O–H groups in total. The molecular formula is C22H47N4O5P. The molecule has 0 aliphatic heterocycles. The number of nitrogens with one attached hydrogen (secondary N) is 2. The number of quaternary nitrogens is 2. The van der Waals surface area contributed by atoms with Gasteiger partial charge in [-0.05, 0) is 25.0 Å². The van der Waals surface area contributed by atoms with Crippen LogP contribution in [0.2, 0.25) is 0 Å². The number of nitrogens with zero attached hydrogens (tertiary/aromatic N) is 2. The second-order valence-electron chi connectivity index (χ2n) is 8.71. The van der Waals surface area contributed by atoms with Gasteiger partial charge in [0.1, 0.15) is 0 Å². The summed E-state index contributed by atoms with van der Waals surface area (Å²) >= 11 is 0. The highest BCUT2D eigenvalue weighted by Crippen LogP contribution is 2.01. The predicted octanol–water partition coefficient (Wildman–Crippen LogP) is 0.427. The van der Waals surface area contributed by atoms with Gasteiger partial charge in [-0.15, -0.1) is 0 Å². The molecule has 0 rings (SSSR count). The summed E-state index contributed by atoms with van der Waals surface area (Å²) in [4.78, 5) is 38.7. The molecule has 0 spiro atoms. The largest absolute Gasteiger partial charge is 0.813 e. The van der Waals surface area contributed by atoms with Crippen LogP contribution >= 0.6 is 8.25 Å². The van der Waals surface area contributed by atoms with Gasteiger partial charge in [0.15, 0.2) is 0 Å². The molecule has 0 saturated carbocycles. The van der Waals surface area contributed by atoms with E-state index >= 15 is 0 Å². The molecule has 0 atom stereocenters. The maximum atomic E-state index is 10.8. The highest BCUT2D eigenvalue weighted by atomic mass is 31.1. The summed E-state index contributed by atoms with van der Waals surface area (Å²) in [5.41, 5.74) is 0. The third-order valence-corrected chi connectivity index (χ3v) is 4.51. The first-order valence-corrected chi connectivity index (χ1v) is 12.3. The molecule has 0 aliphatic rings. The van der Waals surface area contributed by atoms with Crippen LogP contribution < -0.4 is 20.4 Å². The molecule has 0 aromatic carbocycles. The van der Waals surface area contributed by atoms with E-state index in [1.807, 2.05) is 0 Å². The lowest BCUT2D eigenvalue weighted by molar-refractivity contribution is -0.890. The molecule has 32 heavy (non-hydrogen) atoms. The van der Waals surface area contributed by atoms with Crippen molar-refractivity contribution in [3.05, 3.63) is 25.3 Å². The number of rotatable bonds is 14. The van der Waals surface area contributed by atoms with Gasteiger partial charge in [0.2, 0.25) is 11.8 Å². The number of carbonyl (C=O) groups excluding carboxylic acids is 2. The van der Waals surface area contributed by atoms with Crippen LogP contribution in [0.15, 0.2) is 25.3 Å². The van der Waals surface area contributed by atoms with Crippen molar-refractivity contribution >= 4 is 20.1 Å². The molecule has 0 aromatic heterocycles. The standard InChI is InChI=1S/2C11H22N2O.H3O3P/c2*1-5-9-13(3,4)10-7-8-12-11(14)6-2;1-4(2)3/h2*6H,2,5,7-10H2,1,3-4H3;4H,(H2,1,2,3). The van der Waals surface area contributed by atoms with Gasteiger partial charge in [-0.1, -0.05) is 35.3 Å². The lowest BCUT2D eigenvalue weighted by atomic mass is 10.3. The highest BCUT2D eigenvalue weighted by molar-refractivity contribution is 7.27. The van der Waals surface area contributed by atoms with E-state index in [0.29, 0.717) is 0 Å². The average molecular weight is 479 g/mol. The van der Waals surface area contributed by atoms with E-state index in [0.717, 1.165) is 48.0 Å². The minimum Gasteiger partial charge on any atom is -0.813 e. The van der Waals surface area contributed by atoms with Gasteiger partial charge >= 0.3 is 0 Å². The first kappa shape index (κ1) is 35.1. The summed E-state index contributed by atoms with van der Waals surface area (Å²) in [6, 6.07) is 0. The van der Waals surface area contributed by atoms with Crippen molar-refractivity contribution < 1.29 is 32.9 Å². The molecule has 0 aromatic rings. The van der Waals surface area contributed by atoms with Crippen LogP contribution in [0.4, 0.5) is 0 Å². The Labute approximate surface area is 196 Å². The number of carbonyl (C=O) groups is 2. The predicted molar refractivity (Wildman–Crippen MR) is 129 cm³/mol. The molecule has 10 heteroatoms. The lowest BCUT2D eigenvalue weighted by Gasteiger charge is -2.29. The number of hydrogen-bond acceptors (Lipinski definition) is 5. The van der Waals surface area contributed by atoms with E-state index in [2.05, 4.69) is 65.8 Å². The van der Waals surface area contributed by atoms with Crippen molar-refractivity contribution in [3.63, 3.8) is 0 Å². The van der Waals surface area contributed by atoms with Crippen molar-refractivity contribution in [2.24, 2.45) is 0 Å². The first-order chi connectivity index (χ1) is 14.8. The molecule has 9 nitrogen and oxygen atoms in total. The van der Waals surface area contributed by atoms with Crippen LogP contribution in [0.1, 0.15) is 39.5 Å². The van der Waals surface area contributed by atoms with E-state index in [-0.39, 0.29) is 11.8 Å². The van der Waals surface area contributed by atoms with Crippen molar-refractivity contribution in [2.45, 2.75) is 39.5 Å². The van der Waals surface area contributed by atoms with E-state index < -0.39 is 8.25 Å². The molecule has 0 fully saturated rings. The third kappa shape index (κ3) is 30.7. The van der Waals surface area contributed by atoms with Gasteiger partial charge < -0.3 is 34.0 Å². The van der Waals surface area contributed by atoms with Gasteiger partial charge in [-0.2, -0.15) is 0 Å². The zero-order chi connectivity index (χ0) is 25.6. The highest BCUT2D eigenvalue weighted by Gasteiger charge is 2.13. The Hall–Kier alpha value is -1.51. The van der Waals surface area contributed by atoms with Crippen LogP contribution in [-0.4, -0.2) is 88.2 Å². The van der Waals surface area contributed by atoms with Gasteiger partial charge in [-0.25, -0.2) is 0 Å². The second-order valence-corrected chi connectivity index (χ2v) is 9.21. The Kier molecular flexibility index (Phi) is 23.4. The molecule has 0 saturated heterocycles. The third-order valence-electron chi connectivity index (χ3n) is 4.51. The summed E-state index contributed by atoms with van der Waals surface area (Å²) in [7, 11) is 5.25. The van der Waals surface area contributed by atoms with Crippen molar-refractivity contribution in [1.82, 2.24) is 10.6 Å². The molecule has 0 unspecified atom stereocenters. The topological polar surface area (TPSA) is 121 Å². The fourth-order valence-corrected chi connectivity index (χ4v) is 3.02. The van der Waals surface area contributed by atoms with E-state index in [4.69, 9.17) is 14.4 Å². The Morgan fingerprint density at radius 3 is 1.28 bits per heavy atom. The van der Waals surface area contributed by atoms with Gasteiger partial charge in [-0.3, -0.25) is 9.59 Å². The SMILES string of the molecule is C=CC(=O)NCCC[N+](C)(C)CCC.C=CC(=O)NCCC[N+](C)(C)CCC.O=[PH]([O-])[O-]. The number of hydrogen-bond donors (Lipinski definition) is 2. The average Bonchev–Trinajstić information content (AvgIpc) is 2.68. The van der Waals surface area contributed by atoms with Gasteiger partial charge in [0.05, 0.1) is 54.4 Å². The normalized spacial score (nSPS) is 10.8. The lowest BCUT2D eigenvalue weighted by Crippen LogP contribution is -2.42. The van der Waals surface area contributed by atoms with Crippen LogP contribution in [0.5, 0.6) is 0 Å². The summed E-state index contributed by atoms with van der Waals surface area (Å²) in [6.45, 7) is 17.3. The van der Waals surface area contributed by atoms with Crippen molar-refractivity contribution in [3.8, 4) is 0 Å². The molecule has 190 valence electrons. The zero-order valence-corrected chi connectivity index (χ0v) is 22.1. The Morgan fingerprint density at radius 1 is 0.781 bits per heavy atom. The Bertz CT molecular complexity index is 508. The maximum absolute atomic E-state index is 10.8. The van der Waals surface area contributed by atoms with Crippen LogP contribution in [0.25, 0.3) is 0 Å². The molecule has 0 aliphatic carbocycles. The summed E-state index contributed by atoms with van der Waals surface area (Å²) in [5.74, 6) is -0.156. The quantitative estimate of drug-likeness (QED) is 0.162. The van der Waals surface area contributed by atoms with Crippen molar-refractivity contribution in [2.75, 3.05) is 67.5 Å². The van der Waals surface area contributed by atoms with Gasteiger partial charge in [0, 0.05) is 25.9 Å². The molecule has 2 amide bonds. The van der Waals surface area contributed by atoms with Gasteiger partial charge in [0.25, 0.3) is 0 Å². The minimum atomic E-state index is -3.63. The Balaban J connectivity index is -0.000000450. The second kappa shape index (κ2) is 21.3. The first-order valence-electron chi connectivity index (χ1n) is 11.1. The fourth-order valence-electron chi connectivity index (χ4n) is 3.02. The molecular weight excluding hydrogens is 431 g/mol. The number of amides is 2. The molecule has 0 radical (unpaired) electrons. The fraction of sp³-hybridized carbons (Fsp3) is 0.727.